The maximum atomic E-state index is 12.2. The lowest BCUT2D eigenvalue weighted by atomic mass is 9.96. The molecule has 2 aromatic carbocycles. The fraction of sp³-hybridized carbons (Fsp3) is 0.240. The van der Waals surface area contributed by atoms with Crippen LogP contribution in [0.1, 0.15) is 26.6 Å². The molecule has 35 heavy (non-hydrogen) atoms. The van der Waals surface area contributed by atoms with Crippen molar-refractivity contribution in [3.63, 3.8) is 0 Å². The van der Waals surface area contributed by atoms with Crippen LogP contribution in [0.15, 0.2) is 60.8 Å². The van der Waals surface area contributed by atoms with Gasteiger partial charge < -0.3 is 10.3 Å². The van der Waals surface area contributed by atoms with E-state index in [1.807, 2.05) is 48.5 Å². The first-order chi connectivity index (χ1) is 16.5. The number of hydrogen-bond donors (Lipinski definition) is 2. The predicted molar refractivity (Wildman–Crippen MR) is 140 cm³/mol. The molecule has 0 aliphatic rings. The second kappa shape index (κ2) is 8.09. The Morgan fingerprint density at radius 3 is 2.57 bits per heavy atom. The van der Waals surface area contributed by atoms with Crippen molar-refractivity contribution in [1.82, 2.24) is 24.6 Å². The second-order valence-corrected chi connectivity index (χ2v) is 11.6. The third kappa shape index (κ3) is 4.32. The van der Waals surface area contributed by atoms with Gasteiger partial charge in [0.1, 0.15) is 5.82 Å². The summed E-state index contributed by atoms with van der Waals surface area (Å²) in [6, 6.07) is 17.0. The Labute approximate surface area is 203 Å². The summed E-state index contributed by atoms with van der Waals surface area (Å²) in [6.07, 6.45) is 2.92. The summed E-state index contributed by atoms with van der Waals surface area (Å²) in [7, 11) is -1.88. The number of fused-ring (bicyclic) bond motifs is 2. The highest BCUT2D eigenvalue weighted by molar-refractivity contribution is 7.92. The van der Waals surface area contributed by atoms with Gasteiger partial charge in [-0.15, -0.1) is 5.10 Å². The first-order valence-corrected chi connectivity index (χ1v) is 13.0. The average Bonchev–Trinajstić information content (AvgIpc) is 3.41. The molecule has 0 atom stereocenters. The van der Waals surface area contributed by atoms with Crippen molar-refractivity contribution in [1.29, 1.82) is 0 Å². The zero-order chi connectivity index (χ0) is 25.0. The number of H-pyrrole nitrogens is 1. The Bertz CT molecular complexity index is 1660. The zero-order valence-corrected chi connectivity index (χ0v) is 21.1. The van der Waals surface area contributed by atoms with Crippen LogP contribution in [-0.2, 0) is 15.4 Å². The minimum absolute atomic E-state index is 0.0763. The molecule has 10 heteroatoms. The van der Waals surface area contributed by atoms with Crippen LogP contribution in [0.5, 0.6) is 0 Å². The number of benzene rings is 2. The number of imidazole rings is 1. The molecule has 0 spiro atoms. The summed E-state index contributed by atoms with van der Waals surface area (Å²) < 4.78 is 27.4. The Balaban J connectivity index is 1.53. The van der Waals surface area contributed by atoms with E-state index in [-0.39, 0.29) is 5.41 Å². The molecule has 0 unspecified atom stereocenters. The first kappa shape index (κ1) is 22.9. The molecule has 2 N–H and O–H groups in total. The summed E-state index contributed by atoms with van der Waals surface area (Å²) in [6.45, 7) is 6.36. The molecule has 0 aliphatic carbocycles. The van der Waals surface area contributed by atoms with E-state index in [2.05, 4.69) is 41.0 Å². The number of aromatic nitrogens is 5. The number of anilines is 3. The smallest absolute Gasteiger partial charge is 0.245 e. The van der Waals surface area contributed by atoms with E-state index in [0.29, 0.717) is 11.6 Å². The van der Waals surface area contributed by atoms with Crippen molar-refractivity contribution in [2.75, 3.05) is 22.9 Å². The van der Waals surface area contributed by atoms with Gasteiger partial charge in [-0.2, -0.15) is 0 Å². The predicted octanol–water partition coefficient (Wildman–Crippen LogP) is 4.71. The molecular weight excluding hydrogens is 462 g/mol. The van der Waals surface area contributed by atoms with Crippen LogP contribution < -0.4 is 9.62 Å². The molecule has 3 heterocycles. The highest BCUT2D eigenvalue weighted by Gasteiger charge is 2.20. The molecule has 0 fully saturated rings. The maximum absolute atomic E-state index is 12.2. The van der Waals surface area contributed by atoms with Crippen LogP contribution in [-0.4, -0.2) is 46.3 Å². The fourth-order valence-corrected chi connectivity index (χ4v) is 4.39. The number of nitrogens with zero attached hydrogens (tertiary/aromatic N) is 5. The molecule has 0 aliphatic heterocycles. The molecule has 0 saturated carbocycles. The Kier molecular flexibility index (Phi) is 5.28. The number of aromatic amines is 1. The summed E-state index contributed by atoms with van der Waals surface area (Å²) in [5.41, 5.74) is 5.45. The molecular formula is C25H27N7O2S. The maximum Gasteiger partial charge on any atom is 0.245 e. The summed E-state index contributed by atoms with van der Waals surface area (Å²) in [4.78, 5) is 12.5. The number of para-hydroxylation sites is 1. The summed E-state index contributed by atoms with van der Waals surface area (Å²) in [5, 5.41) is 7.96. The minimum Gasteiger partial charge on any atom is -0.341 e. The van der Waals surface area contributed by atoms with Crippen LogP contribution >= 0.6 is 0 Å². The first-order valence-electron chi connectivity index (χ1n) is 11.2. The Hall–Kier alpha value is -3.92. The van der Waals surface area contributed by atoms with E-state index < -0.39 is 10.0 Å². The third-order valence-electron chi connectivity index (χ3n) is 5.86. The second-order valence-electron chi connectivity index (χ2n) is 9.58. The highest BCUT2D eigenvalue weighted by atomic mass is 32.2. The largest absolute Gasteiger partial charge is 0.341 e. The van der Waals surface area contributed by atoms with Crippen LogP contribution in [0.3, 0.4) is 0 Å². The molecule has 5 rings (SSSR count). The SMILES string of the molecule is CN(c1ccccc1-c1ccc2cnc(Nc3ccc4nc(C(C)(C)C)[nH]c4c3)nn12)S(C)(=O)=O. The van der Waals surface area contributed by atoms with E-state index in [0.717, 1.165) is 39.3 Å². The standard InChI is InChI=1S/C25H27N7O2S/c1-25(2,3)23-28-19-12-10-16(14-20(19)29-23)27-24-26-15-17-11-13-22(32(17)30-24)18-8-6-7-9-21(18)31(4)35(5,33)34/h6-15H,1-5H3,(H,27,30)(H,28,29). The van der Waals surface area contributed by atoms with Crippen molar-refractivity contribution < 1.29 is 8.42 Å². The lowest BCUT2D eigenvalue weighted by Crippen LogP contribution is -2.25. The van der Waals surface area contributed by atoms with Crippen LogP contribution in [0.2, 0.25) is 0 Å². The molecule has 0 saturated heterocycles. The van der Waals surface area contributed by atoms with Gasteiger partial charge in [0.15, 0.2) is 0 Å². The van der Waals surface area contributed by atoms with E-state index in [1.54, 1.807) is 23.8 Å². The monoisotopic (exact) mass is 489 g/mol. The van der Waals surface area contributed by atoms with Crippen molar-refractivity contribution in [3.8, 4) is 11.3 Å². The van der Waals surface area contributed by atoms with Gasteiger partial charge in [-0.1, -0.05) is 39.0 Å². The molecule has 9 nitrogen and oxygen atoms in total. The van der Waals surface area contributed by atoms with Crippen molar-refractivity contribution >= 4 is 43.9 Å². The minimum atomic E-state index is -3.43. The summed E-state index contributed by atoms with van der Waals surface area (Å²) >= 11 is 0. The van der Waals surface area contributed by atoms with Gasteiger partial charge in [0.25, 0.3) is 0 Å². The number of sulfonamides is 1. The topological polar surface area (TPSA) is 108 Å². The number of rotatable bonds is 5. The quantitative estimate of drug-likeness (QED) is 0.370. The van der Waals surface area contributed by atoms with E-state index in [9.17, 15) is 8.42 Å². The normalized spacial score (nSPS) is 12.4. The van der Waals surface area contributed by atoms with Gasteiger partial charge in [0, 0.05) is 23.7 Å². The molecule has 180 valence electrons. The average molecular weight is 490 g/mol. The van der Waals surface area contributed by atoms with Crippen LogP contribution in [0, 0.1) is 0 Å². The van der Waals surface area contributed by atoms with Crippen molar-refractivity contribution in [2.24, 2.45) is 0 Å². The van der Waals surface area contributed by atoms with Gasteiger partial charge in [-0.25, -0.2) is 22.9 Å². The Morgan fingerprint density at radius 1 is 1.06 bits per heavy atom. The Morgan fingerprint density at radius 2 is 1.83 bits per heavy atom. The molecule has 0 radical (unpaired) electrons. The molecule has 0 amide bonds. The van der Waals surface area contributed by atoms with E-state index in [4.69, 9.17) is 5.10 Å². The molecule has 0 bridgehead atoms. The van der Waals surface area contributed by atoms with Crippen molar-refractivity contribution in [3.05, 3.63) is 66.6 Å². The fourth-order valence-electron chi connectivity index (χ4n) is 3.88. The van der Waals surface area contributed by atoms with Crippen LogP contribution in [0.4, 0.5) is 17.3 Å². The van der Waals surface area contributed by atoms with Gasteiger partial charge in [0.2, 0.25) is 16.0 Å². The highest BCUT2D eigenvalue weighted by Crippen LogP contribution is 2.32. The van der Waals surface area contributed by atoms with E-state index >= 15 is 0 Å². The molecule has 3 aromatic heterocycles. The lowest BCUT2D eigenvalue weighted by Gasteiger charge is -2.20. The van der Waals surface area contributed by atoms with E-state index in [1.165, 1.54) is 10.6 Å². The number of nitrogens with one attached hydrogen (secondary N) is 2. The third-order valence-corrected chi connectivity index (χ3v) is 7.06. The van der Waals surface area contributed by atoms with Gasteiger partial charge in [-0.3, -0.25) is 4.31 Å². The zero-order valence-electron chi connectivity index (χ0n) is 20.2. The lowest BCUT2D eigenvalue weighted by molar-refractivity contribution is 0.554. The summed E-state index contributed by atoms with van der Waals surface area (Å²) in [5.74, 6) is 1.34. The van der Waals surface area contributed by atoms with Crippen molar-refractivity contribution in [2.45, 2.75) is 26.2 Å². The van der Waals surface area contributed by atoms with Gasteiger partial charge >= 0.3 is 0 Å². The van der Waals surface area contributed by atoms with Gasteiger partial charge in [-0.05, 0) is 36.4 Å². The van der Waals surface area contributed by atoms with Crippen LogP contribution in [0.25, 0.3) is 27.8 Å². The molecule has 5 aromatic rings. The van der Waals surface area contributed by atoms with Gasteiger partial charge in [0.05, 0.1) is 40.4 Å². The number of hydrogen-bond acceptors (Lipinski definition) is 6.